The number of nitrogens with zero attached hydrogens (tertiary/aromatic N) is 1. The monoisotopic (exact) mass is 438 g/mol. The molecule has 1 aliphatic heterocycles. The first kappa shape index (κ1) is 22.0. The fourth-order valence-corrected chi connectivity index (χ4v) is 3.24. The lowest BCUT2D eigenvalue weighted by atomic mass is 10.1. The Morgan fingerprint density at radius 1 is 1.10 bits per heavy atom. The molecule has 7 nitrogen and oxygen atoms in total. The molecule has 2 aromatic carbocycles. The molecule has 160 valence electrons. The Morgan fingerprint density at radius 2 is 1.84 bits per heavy atom. The molecule has 31 heavy (non-hydrogen) atoms. The third-order valence-corrected chi connectivity index (χ3v) is 4.65. The van der Waals surface area contributed by atoms with E-state index < -0.39 is 11.8 Å². The Bertz CT molecular complexity index is 1050. The molecule has 8 heteroatoms. The Labute approximate surface area is 185 Å². The second-order valence-electron chi connectivity index (χ2n) is 6.39. The minimum absolute atomic E-state index is 0.0158. The SMILES string of the molecule is C=CCOc1ccc(C=C2C(=O)NC(=S)N(c3ccc(OCC)cc3)C2=O)cc1OC. The fourth-order valence-electron chi connectivity index (χ4n) is 2.96. The van der Waals surface area contributed by atoms with Crippen molar-refractivity contribution in [2.24, 2.45) is 0 Å². The van der Waals surface area contributed by atoms with E-state index in [0.717, 1.165) is 0 Å². The smallest absolute Gasteiger partial charge is 0.270 e. The molecule has 1 saturated heterocycles. The number of carbonyl (C=O) groups excluding carboxylic acids is 2. The number of nitrogens with one attached hydrogen (secondary N) is 1. The van der Waals surface area contributed by atoms with E-state index in [2.05, 4.69) is 11.9 Å². The molecule has 3 rings (SSSR count). The highest BCUT2D eigenvalue weighted by Crippen LogP contribution is 2.30. The van der Waals surface area contributed by atoms with Crippen molar-refractivity contribution >= 4 is 40.9 Å². The van der Waals surface area contributed by atoms with Gasteiger partial charge >= 0.3 is 0 Å². The number of hydrogen-bond acceptors (Lipinski definition) is 6. The second-order valence-corrected chi connectivity index (χ2v) is 6.78. The van der Waals surface area contributed by atoms with Crippen molar-refractivity contribution < 1.29 is 23.8 Å². The van der Waals surface area contributed by atoms with Gasteiger partial charge in [-0.3, -0.25) is 19.8 Å². The molecule has 0 unspecified atom stereocenters. The Balaban J connectivity index is 1.92. The maximum Gasteiger partial charge on any atom is 0.270 e. The summed E-state index contributed by atoms with van der Waals surface area (Å²) in [4.78, 5) is 26.9. The number of thiocarbonyl (C=S) groups is 1. The largest absolute Gasteiger partial charge is 0.494 e. The predicted molar refractivity (Wildman–Crippen MR) is 123 cm³/mol. The summed E-state index contributed by atoms with van der Waals surface area (Å²) in [6.45, 7) is 6.36. The predicted octanol–water partition coefficient (Wildman–Crippen LogP) is 3.49. The molecule has 2 aromatic rings. The molecule has 1 aliphatic rings. The molecule has 0 spiro atoms. The second kappa shape index (κ2) is 9.90. The number of amides is 2. The van der Waals surface area contributed by atoms with Crippen molar-refractivity contribution in [1.82, 2.24) is 5.32 Å². The number of rotatable bonds is 8. The first-order chi connectivity index (χ1) is 15.0. The van der Waals surface area contributed by atoms with Gasteiger partial charge in [0, 0.05) is 0 Å². The zero-order valence-electron chi connectivity index (χ0n) is 17.2. The van der Waals surface area contributed by atoms with E-state index in [1.807, 2.05) is 6.92 Å². The van der Waals surface area contributed by atoms with Gasteiger partial charge in [0.25, 0.3) is 11.8 Å². The van der Waals surface area contributed by atoms with E-state index in [9.17, 15) is 9.59 Å². The van der Waals surface area contributed by atoms with Crippen molar-refractivity contribution in [3.05, 3.63) is 66.3 Å². The van der Waals surface area contributed by atoms with Gasteiger partial charge in [0.1, 0.15) is 17.9 Å². The summed E-state index contributed by atoms with van der Waals surface area (Å²) in [6.07, 6.45) is 3.11. The maximum absolute atomic E-state index is 13.1. The summed E-state index contributed by atoms with van der Waals surface area (Å²) in [5.41, 5.74) is 1.07. The number of carbonyl (C=O) groups is 2. The quantitative estimate of drug-likeness (QED) is 0.294. The van der Waals surface area contributed by atoms with Gasteiger partial charge in [-0.2, -0.15) is 0 Å². The summed E-state index contributed by atoms with van der Waals surface area (Å²) < 4.78 is 16.3. The van der Waals surface area contributed by atoms with E-state index in [-0.39, 0.29) is 10.7 Å². The first-order valence-electron chi connectivity index (χ1n) is 9.54. The van der Waals surface area contributed by atoms with Crippen molar-refractivity contribution in [3.8, 4) is 17.2 Å². The third kappa shape index (κ3) is 4.92. The lowest BCUT2D eigenvalue weighted by molar-refractivity contribution is -0.122. The van der Waals surface area contributed by atoms with Gasteiger partial charge in [-0.1, -0.05) is 18.7 Å². The number of anilines is 1. The van der Waals surface area contributed by atoms with Gasteiger partial charge in [-0.05, 0) is 67.2 Å². The average Bonchev–Trinajstić information content (AvgIpc) is 2.76. The lowest BCUT2D eigenvalue weighted by Gasteiger charge is -2.29. The van der Waals surface area contributed by atoms with Crippen LogP contribution >= 0.6 is 12.2 Å². The van der Waals surface area contributed by atoms with Crippen LogP contribution in [0.5, 0.6) is 17.2 Å². The van der Waals surface area contributed by atoms with Crippen LogP contribution < -0.4 is 24.4 Å². The summed E-state index contributed by atoms with van der Waals surface area (Å²) in [7, 11) is 1.51. The van der Waals surface area contributed by atoms with Crippen LogP contribution in [-0.4, -0.2) is 37.3 Å². The van der Waals surface area contributed by atoms with Crippen molar-refractivity contribution in [2.45, 2.75) is 6.92 Å². The van der Waals surface area contributed by atoms with Gasteiger partial charge in [0.05, 0.1) is 19.4 Å². The molecule has 1 N–H and O–H groups in total. The van der Waals surface area contributed by atoms with Gasteiger partial charge < -0.3 is 14.2 Å². The maximum atomic E-state index is 13.1. The summed E-state index contributed by atoms with van der Waals surface area (Å²) >= 11 is 5.23. The van der Waals surface area contributed by atoms with E-state index in [1.54, 1.807) is 48.5 Å². The van der Waals surface area contributed by atoms with E-state index in [0.29, 0.717) is 41.7 Å². The lowest BCUT2D eigenvalue weighted by Crippen LogP contribution is -2.54. The van der Waals surface area contributed by atoms with Crippen LogP contribution in [0.1, 0.15) is 12.5 Å². The molecule has 1 fully saturated rings. The van der Waals surface area contributed by atoms with Crippen LogP contribution in [0.15, 0.2) is 60.7 Å². The molecule has 0 saturated carbocycles. The molecule has 0 aromatic heterocycles. The molecular formula is C23H22N2O5S. The number of hydrogen-bond donors (Lipinski definition) is 1. The molecular weight excluding hydrogens is 416 g/mol. The van der Waals surface area contributed by atoms with Crippen LogP contribution in [0.25, 0.3) is 6.08 Å². The number of benzene rings is 2. The Hall–Kier alpha value is -3.65. The number of methoxy groups -OCH3 is 1. The molecule has 2 amide bonds. The highest BCUT2D eigenvalue weighted by molar-refractivity contribution is 7.80. The van der Waals surface area contributed by atoms with Crippen LogP contribution in [0, 0.1) is 0 Å². The summed E-state index contributed by atoms with van der Waals surface area (Å²) in [6, 6.07) is 12.0. The van der Waals surface area contributed by atoms with Crippen LogP contribution in [0.3, 0.4) is 0 Å². The molecule has 0 bridgehead atoms. The van der Waals surface area contributed by atoms with Crippen molar-refractivity contribution in [2.75, 3.05) is 25.2 Å². The van der Waals surface area contributed by atoms with Crippen molar-refractivity contribution in [3.63, 3.8) is 0 Å². The zero-order chi connectivity index (χ0) is 22.4. The standard InChI is InChI=1S/C23H22N2O5S/c1-4-12-30-19-11-6-15(14-20(19)28-3)13-18-21(26)24-23(31)25(22(18)27)16-7-9-17(10-8-16)29-5-2/h4,6-11,13-14H,1,5,12H2,2-3H3,(H,24,26,31). The summed E-state index contributed by atoms with van der Waals surface area (Å²) in [5, 5.41) is 2.58. The van der Waals surface area contributed by atoms with Crippen LogP contribution in [-0.2, 0) is 9.59 Å². The fraction of sp³-hybridized carbons (Fsp3) is 0.174. The third-order valence-electron chi connectivity index (χ3n) is 4.36. The molecule has 0 aliphatic carbocycles. The van der Waals surface area contributed by atoms with Gasteiger partial charge in [0.15, 0.2) is 16.6 Å². The van der Waals surface area contributed by atoms with Gasteiger partial charge in [-0.25, -0.2) is 0 Å². The highest BCUT2D eigenvalue weighted by atomic mass is 32.1. The molecule has 0 atom stereocenters. The van der Waals surface area contributed by atoms with Crippen molar-refractivity contribution in [1.29, 1.82) is 0 Å². The minimum Gasteiger partial charge on any atom is -0.494 e. The van der Waals surface area contributed by atoms with E-state index in [4.69, 9.17) is 26.4 Å². The average molecular weight is 439 g/mol. The first-order valence-corrected chi connectivity index (χ1v) is 9.95. The Kier molecular flexibility index (Phi) is 7.04. The van der Waals surface area contributed by atoms with Gasteiger partial charge in [0.2, 0.25) is 0 Å². The van der Waals surface area contributed by atoms with E-state index >= 15 is 0 Å². The summed E-state index contributed by atoms with van der Waals surface area (Å²) in [5.74, 6) is 0.583. The zero-order valence-corrected chi connectivity index (χ0v) is 18.0. The van der Waals surface area contributed by atoms with E-state index in [1.165, 1.54) is 18.1 Å². The minimum atomic E-state index is -0.567. The topological polar surface area (TPSA) is 77.1 Å². The van der Waals surface area contributed by atoms with Gasteiger partial charge in [-0.15, -0.1) is 0 Å². The Morgan fingerprint density at radius 3 is 2.48 bits per heavy atom. The van der Waals surface area contributed by atoms with Crippen LogP contribution in [0.4, 0.5) is 5.69 Å². The highest BCUT2D eigenvalue weighted by Gasteiger charge is 2.34. The molecule has 0 radical (unpaired) electrons. The van der Waals surface area contributed by atoms with Crippen LogP contribution in [0.2, 0.25) is 0 Å². The number of ether oxygens (including phenoxy) is 3. The molecule has 1 heterocycles. The normalized spacial score (nSPS) is 15.0.